The van der Waals surface area contributed by atoms with E-state index in [1.54, 1.807) is 24.3 Å². The van der Waals surface area contributed by atoms with Crippen molar-refractivity contribution in [3.05, 3.63) is 69.5 Å². The molecule has 3 rings (SSSR count). The summed E-state index contributed by atoms with van der Waals surface area (Å²) in [6.45, 7) is 2.01. The molecule has 0 amide bonds. The number of carbonyl (C=O) groups is 1. The molecule has 1 heterocycles. The maximum atomic E-state index is 13.4. The van der Waals surface area contributed by atoms with E-state index in [1.807, 2.05) is 6.07 Å². The predicted octanol–water partition coefficient (Wildman–Crippen LogP) is 3.69. The standard InChI is InChI=1S/C16H13ClFNO2/c17-14-4-1-10(5-15(14)18)7-19-8-12-3-2-11(16(20)21)6-13(12)9-19/h1-6H,7-9H2,(H,20,21). The first-order valence-electron chi connectivity index (χ1n) is 6.54. The van der Waals surface area contributed by atoms with Crippen molar-refractivity contribution in [1.82, 2.24) is 4.90 Å². The fourth-order valence-electron chi connectivity index (χ4n) is 2.61. The van der Waals surface area contributed by atoms with E-state index in [2.05, 4.69) is 4.90 Å². The molecule has 0 aromatic heterocycles. The molecule has 0 bridgehead atoms. The summed E-state index contributed by atoms with van der Waals surface area (Å²) in [4.78, 5) is 13.1. The van der Waals surface area contributed by atoms with Crippen molar-refractivity contribution in [2.75, 3.05) is 0 Å². The molecule has 0 aliphatic carbocycles. The molecule has 0 radical (unpaired) electrons. The monoisotopic (exact) mass is 305 g/mol. The molecule has 5 heteroatoms. The number of hydrogen-bond donors (Lipinski definition) is 1. The van der Waals surface area contributed by atoms with Crippen LogP contribution in [0.25, 0.3) is 0 Å². The summed E-state index contributed by atoms with van der Waals surface area (Å²) in [6, 6.07) is 9.97. The highest BCUT2D eigenvalue weighted by Crippen LogP contribution is 2.26. The third kappa shape index (κ3) is 2.91. The van der Waals surface area contributed by atoms with Crippen LogP contribution in [-0.2, 0) is 19.6 Å². The van der Waals surface area contributed by atoms with Crippen molar-refractivity contribution < 1.29 is 14.3 Å². The Bertz CT molecular complexity index is 717. The topological polar surface area (TPSA) is 40.5 Å². The van der Waals surface area contributed by atoms with Crippen LogP contribution in [0.1, 0.15) is 27.0 Å². The molecule has 1 N–H and O–H groups in total. The number of nitrogens with zero attached hydrogens (tertiary/aromatic N) is 1. The van der Waals surface area contributed by atoms with Gasteiger partial charge in [0.15, 0.2) is 0 Å². The zero-order valence-corrected chi connectivity index (χ0v) is 11.9. The van der Waals surface area contributed by atoms with Crippen LogP contribution >= 0.6 is 11.6 Å². The molecule has 2 aromatic carbocycles. The Hall–Kier alpha value is -1.91. The van der Waals surface area contributed by atoms with Crippen molar-refractivity contribution in [1.29, 1.82) is 0 Å². The highest BCUT2D eigenvalue weighted by molar-refractivity contribution is 6.30. The van der Waals surface area contributed by atoms with Crippen LogP contribution in [0.4, 0.5) is 4.39 Å². The van der Waals surface area contributed by atoms with E-state index in [4.69, 9.17) is 16.7 Å². The van der Waals surface area contributed by atoms with Crippen molar-refractivity contribution in [3.8, 4) is 0 Å². The van der Waals surface area contributed by atoms with E-state index in [1.165, 1.54) is 6.07 Å². The van der Waals surface area contributed by atoms with Crippen molar-refractivity contribution in [2.45, 2.75) is 19.6 Å². The molecule has 1 aliphatic rings. The first-order chi connectivity index (χ1) is 10.0. The average Bonchev–Trinajstić information content (AvgIpc) is 2.84. The number of rotatable bonds is 3. The highest BCUT2D eigenvalue weighted by Gasteiger charge is 2.20. The van der Waals surface area contributed by atoms with Crippen molar-refractivity contribution in [3.63, 3.8) is 0 Å². The average molecular weight is 306 g/mol. The lowest BCUT2D eigenvalue weighted by molar-refractivity contribution is 0.0696. The predicted molar refractivity (Wildman–Crippen MR) is 77.8 cm³/mol. The Labute approximate surface area is 126 Å². The van der Waals surface area contributed by atoms with Gasteiger partial charge in [0.1, 0.15) is 5.82 Å². The second-order valence-corrected chi connectivity index (χ2v) is 5.59. The Balaban J connectivity index is 1.75. The first kappa shape index (κ1) is 14.0. The lowest BCUT2D eigenvalue weighted by atomic mass is 10.1. The molecule has 0 atom stereocenters. The van der Waals surface area contributed by atoms with Gasteiger partial charge in [-0.15, -0.1) is 0 Å². The number of benzene rings is 2. The molecule has 3 nitrogen and oxygen atoms in total. The molecule has 0 unspecified atom stereocenters. The normalized spacial score (nSPS) is 14.2. The number of fused-ring (bicyclic) bond motifs is 1. The minimum absolute atomic E-state index is 0.120. The van der Waals surface area contributed by atoms with Crippen LogP contribution in [0, 0.1) is 5.82 Å². The molecular formula is C16H13ClFNO2. The van der Waals surface area contributed by atoms with E-state index in [0.717, 1.165) is 23.2 Å². The van der Waals surface area contributed by atoms with Crippen molar-refractivity contribution >= 4 is 17.6 Å². The Morgan fingerprint density at radius 1 is 1.19 bits per heavy atom. The van der Waals surface area contributed by atoms with Gasteiger partial charge in [0.2, 0.25) is 0 Å². The van der Waals surface area contributed by atoms with Gasteiger partial charge in [0.05, 0.1) is 10.6 Å². The van der Waals surface area contributed by atoms with E-state index in [0.29, 0.717) is 18.7 Å². The van der Waals surface area contributed by atoms with Gasteiger partial charge >= 0.3 is 5.97 Å². The SMILES string of the molecule is O=C(O)c1ccc2c(c1)CN(Cc1ccc(Cl)c(F)c1)C2. The quantitative estimate of drug-likeness (QED) is 0.940. The molecule has 2 aromatic rings. The molecule has 1 aliphatic heterocycles. The summed E-state index contributed by atoms with van der Waals surface area (Å²) in [5, 5.41) is 9.13. The number of hydrogen-bond acceptors (Lipinski definition) is 2. The lowest BCUT2D eigenvalue weighted by Gasteiger charge is -2.14. The maximum Gasteiger partial charge on any atom is 0.335 e. The van der Waals surface area contributed by atoms with Gasteiger partial charge in [-0.05, 0) is 41.0 Å². The Morgan fingerprint density at radius 3 is 2.67 bits per heavy atom. The summed E-state index contributed by atoms with van der Waals surface area (Å²) in [5.74, 6) is -1.34. The minimum Gasteiger partial charge on any atom is -0.478 e. The van der Waals surface area contributed by atoms with Gasteiger partial charge in [0.25, 0.3) is 0 Å². The summed E-state index contributed by atoms with van der Waals surface area (Å²) in [5.41, 5.74) is 3.29. The number of carboxylic acid groups (broad SMARTS) is 1. The Morgan fingerprint density at radius 2 is 1.95 bits per heavy atom. The van der Waals surface area contributed by atoms with E-state index in [-0.39, 0.29) is 5.02 Å². The van der Waals surface area contributed by atoms with Gasteiger partial charge in [-0.2, -0.15) is 0 Å². The van der Waals surface area contributed by atoms with Gasteiger partial charge in [0, 0.05) is 19.6 Å². The Kier molecular flexibility index (Phi) is 3.66. The molecule has 108 valence electrons. The van der Waals surface area contributed by atoms with E-state index in [9.17, 15) is 9.18 Å². The number of carboxylic acids is 1. The van der Waals surface area contributed by atoms with Crippen LogP contribution in [0.5, 0.6) is 0 Å². The summed E-state index contributed by atoms with van der Waals surface area (Å²) >= 11 is 5.67. The lowest BCUT2D eigenvalue weighted by Crippen LogP contribution is -2.15. The fourth-order valence-corrected chi connectivity index (χ4v) is 2.72. The summed E-state index contributed by atoms with van der Waals surface area (Å²) < 4.78 is 13.4. The third-order valence-corrected chi connectivity index (χ3v) is 3.94. The van der Waals surface area contributed by atoms with Crippen LogP contribution < -0.4 is 0 Å². The van der Waals surface area contributed by atoms with Gasteiger partial charge in [-0.3, -0.25) is 4.90 Å². The number of aromatic carboxylic acids is 1. The number of halogens is 2. The largest absolute Gasteiger partial charge is 0.478 e. The molecule has 0 spiro atoms. The van der Waals surface area contributed by atoms with E-state index >= 15 is 0 Å². The zero-order chi connectivity index (χ0) is 15.0. The van der Waals surface area contributed by atoms with Gasteiger partial charge in [-0.25, -0.2) is 9.18 Å². The molecule has 21 heavy (non-hydrogen) atoms. The summed E-state index contributed by atoms with van der Waals surface area (Å²) in [6.07, 6.45) is 0. The maximum absolute atomic E-state index is 13.4. The fraction of sp³-hybridized carbons (Fsp3) is 0.188. The van der Waals surface area contributed by atoms with Crippen LogP contribution in [0.3, 0.4) is 0 Å². The van der Waals surface area contributed by atoms with Gasteiger partial charge in [-0.1, -0.05) is 23.7 Å². The molecule has 0 saturated heterocycles. The molecule has 0 saturated carbocycles. The summed E-state index contributed by atoms with van der Waals surface area (Å²) in [7, 11) is 0. The first-order valence-corrected chi connectivity index (χ1v) is 6.92. The van der Waals surface area contributed by atoms with Crippen LogP contribution in [-0.4, -0.2) is 16.0 Å². The zero-order valence-electron chi connectivity index (χ0n) is 11.1. The molecular weight excluding hydrogens is 293 g/mol. The van der Waals surface area contributed by atoms with Crippen LogP contribution in [0.2, 0.25) is 5.02 Å². The second kappa shape index (κ2) is 5.47. The van der Waals surface area contributed by atoms with Crippen LogP contribution in [0.15, 0.2) is 36.4 Å². The van der Waals surface area contributed by atoms with E-state index < -0.39 is 11.8 Å². The smallest absolute Gasteiger partial charge is 0.335 e. The highest BCUT2D eigenvalue weighted by atomic mass is 35.5. The third-order valence-electron chi connectivity index (χ3n) is 3.63. The minimum atomic E-state index is -0.920. The van der Waals surface area contributed by atoms with Gasteiger partial charge < -0.3 is 5.11 Å². The second-order valence-electron chi connectivity index (χ2n) is 5.18. The molecule has 0 fully saturated rings. The van der Waals surface area contributed by atoms with Crippen molar-refractivity contribution in [2.24, 2.45) is 0 Å².